The Morgan fingerprint density at radius 3 is 3.00 bits per heavy atom. The third-order valence-electron chi connectivity index (χ3n) is 1.98. The van der Waals surface area contributed by atoms with Crippen molar-refractivity contribution in [1.29, 1.82) is 0 Å². The minimum absolute atomic E-state index is 0.139. The van der Waals surface area contributed by atoms with Gasteiger partial charge in [0.05, 0.1) is 10.6 Å². The molecule has 1 amide bonds. The zero-order valence-electron chi connectivity index (χ0n) is 8.93. The highest BCUT2D eigenvalue weighted by Crippen LogP contribution is 2.18. The van der Waals surface area contributed by atoms with Gasteiger partial charge in [-0.3, -0.25) is 4.79 Å². The fraction of sp³-hybridized carbons (Fsp3) is 0.364. The van der Waals surface area contributed by atoms with E-state index in [0.717, 1.165) is 9.99 Å². The second-order valence-electron chi connectivity index (χ2n) is 3.23. The molecule has 1 N–H and O–H groups in total. The van der Waals surface area contributed by atoms with Gasteiger partial charge in [-0.15, -0.1) is 0 Å². The number of hydrogen-bond acceptors (Lipinski definition) is 2. The van der Waals surface area contributed by atoms with Crippen LogP contribution in [-0.4, -0.2) is 26.2 Å². The van der Waals surface area contributed by atoms with E-state index in [1.54, 1.807) is 19.2 Å². The van der Waals surface area contributed by atoms with Crippen LogP contribution in [0.25, 0.3) is 0 Å². The van der Waals surface area contributed by atoms with Crippen LogP contribution in [0.2, 0.25) is 5.02 Å². The molecule has 0 saturated heterocycles. The van der Waals surface area contributed by atoms with Crippen LogP contribution >= 0.6 is 34.2 Å². The number of carbonyl (C=O) groups is 1. The average molecular weight is 354 g/mol. The summed E-state index contributed by atoms with van der Waals surface area (Å²) in [5.74, 6) is -0.139. The summed E-state index contributed by atoms with van der Waals surface area (Å²) in [7, 11) is 1.64. The Morgan fingerprint density at radius 2 is 2.31 bits per heavy atom. The second kappa shape index (κ2) is 7.09. The van der Waals surface area contributed by atoms with Gasteiger partial charge in [-0.05, 0) is 47.2 Å². The number of rotatable bonds is 5. The predicted molar refractivity (Wildman–Crippen MR) is 73.0 cm³/mol. The van der Waals surface area contributed by atoms with Crippen molar-refractivity contribution in [1.82, 2.24) is 5.32 Å². The summed E-state index contributed by atoms with van der Waals surface area (Å²) in [6, 6.07) is 5.37. The van der Waals surface area contributed by atoms with Crippen molar-refractivity contribution in [3.05, 3.63) is 32.4 Å². The molecule has 0 heterocycles. The molecule has 5 heteroatoms. The van der Waals surface area contributed by atoms with Crippen molar-refractivity contribution in [3.8, 4) is 0 Å². The normalized spacial score (nSPS) is 10.2. The molecule has 0 aromatic heterocycles. The number of benzene rings is 1. The molecule has 1 aromatic carbocycles. The zero-order chi connectivity index (χ0) is 12.0. The van der Waals surface area contributed by atoms with Gasteiger partial charge in [-0.2, -0.15) is 0 Å². The summed E-state index contributed by atoms with van der Waals surface area (Å²) in [6.45, 7) is 1.23. The van der Waals surface area contributed by atoms with Gasteiger partial charge in [0.1, 0.15) is 0 Å². The van der Waals surface area contributed by atoms with Crippen LogP contribution in [0, 0.1) is 3.57 Å². The topological polar surface area (TPSA) is 38.3 Å². The molecule has 0 aliphatic carbocycles. The molecule has 0 aliphatic rings. The van der Waals surface area contributed by atoms with Crippen molar-refractivity contribution in [2.75, 3.05) is 20.3 Å². The highest BCUT2D eigenvalue weighted by Gasteiger charge is 2.09. The standard InChI is InChI=1S/C11H13ClINO2/c1-16-6-2-5-14-11(15)9-7-8(13)3-4-10(9)12/h3-4,7H,2,5-6H2,1H3,(H,14,15). The highest BCUT2D eigenvalue weighted by atomic mass is 127. The highest BCUT2D eigenvalue weighted by molar-refractivity contribution is 14.1. The van der Waals surface area contributed by atoms with Gasteiger partial charge < -0.3 is 10.1 Å². The van der Waals surface area contributed by atoms with E-state index in [1.165, 1.54) is 0 Å². The Bertz CT molecular complexity index is 371. The zero-order valence-corrected chi connectivity index (χ0v) is 11.8. The number of methoxy groups -OCH3 is 1. The fourth-order valence-corrected chi connectivity index (χ4v) is 1.88. The van der Waals surface area contributed by atoms with Crippen LogP contribution in [0.5, 0.6) is 0 Å². The van der Waals surface area contributed by atoms with Crippen LogP contribution in [0.4, 0.5) is 0 Å². The Labute approximate surface area is 114 Å². The SMILES string of the molecule is COCCCNC(=O)c1cc(I)ccc1Cl. The maximum Gasteiger partial charge on any atom is 0.252 e. The predicted octanol–water partition coefficient (Wildman–Crippen LogP) is 2.71. The Hall–Kier alpha value is -0.330. The lowest BCUT2D eigenvalue weighted by atomic mass is 10.2. The molecular weight excluding hydrogens is 340 g/mol. The number of nitrogens with one attached hydrogen (secondary N) is 1. The minimum atomic E-state index is -0.139. The molecule has 88 valence electrons. The van der Waals surface area contributed by atoms with Crippen molar-refractivity contribution < 1.29 is 9.53 Å². The summed E-state index contributed by atoms with van der Waals surface area (Å²) in [5.41, 5.74) is 0.519. The van der Waals surface area contributed by atoms with Crippen molar-refractivity contribution >= 4 is 40.1 Å². The number of amides is 1. The van der Waals surface area contributed by atoms with Gasteiger partial charge in [0.2, 0.25) is 0 Å². The molecule has 0 aliphatic heterocycles. The number of carbonyl (C=O) groups excluding carboxylic acids is 1. The van der Waals surface area contributed by atoms with Crippen molar-refractivity contribution in [3.63, 3.8) is 0 Å². The molecule has 0 atom stereocenters. The van der Waals surface area contributed by atoms with E-state index in [-0.39, 0.29) is 5.91 Å². The molecule has 0 unspecified atom stereocenters. The third kappa shape index (κ3) is 4.27. The first-order valence-electron chi connectivity index (χ1n) is 4.87. The van der Waals surface area contributed by atoms with Gasteiger partial charge in [0, 0.05) is 23.8 Å². The first-order chi connectivity index (χ1) is 7.65. The van der Waals surface area contributed by atoms with E-state index in [9.17, 15) is 4.79 Å². The maximum absolute atomic E-state index is 11.7. The molecular formula is C11H13ClINO2. The lowest BCUT2D eigenvalue weighted by molar-refractivity contribution is 0.0948. The molecule has 0 spiro atoms. The second-order valence-corrected chi connectivity index (χ2v) is 4.88. The Kier molecular flexibility index (Phi) is 6.08. The lowest BCUT2D eigenvalue weighted by Crippen LogP contribution is -2.25. The average Bonchev–Trinajstić information content (AvgIpc) is 2.27. The van der Waals surface area contributed by atoms with Crippen molar-refractivity contribution in [2.24, 2.45) is 0 Å². The van der Waals surface area contributed by atoms with Crippen LogP contribution in [0.3, 0.4) is 0 Å². The molecule has 0 radical (unpaired) electrons. The van der Waals surface area contributed by atoms with E-state index in [1.807, 2.05) is 6.07 Å². The first kappa shape index (κ1) is 13.7. The summed E-state index contributed by atoms with van der Waals surface area (Å²) >= 11 is 8.09. The number of ether oxygens (including phenoxy) is 1. The van der Waals surface area contributed by atoms with Crippen LogP contribution in [0.1, 0.15) is 16.8 Å². The molecule has 0 saturated carbocycles. The van der Waals surface area contributed by atoms with E-state index < -0.39 is 0 Å². The molecule has 0 fully saturated rings. The molecule has 1 rings (SSSR count). The summed E-state index contributed by atoms with van der Waals surface area (Å²) in [4.78, 5) is 11.7. The van der Waals surface area contributed by atoms with E-state index >= 15 is 0 Å². The van der Waals surface area contributed by atoms with E-state index in [4.69, 9.17) is 16.3 Å². The van der Waals surface area contributed by atoms with Gasteiger partial charge in [-0.25, -0.2) is 0 Å². The molecule has 1 aromatic rings. The van der Waals surface area contributed by atoms with Crippen LogP contribution < -0.4 is 5.32 Å². The monoisotopic (exact) mass is 353 g/mol. The van der Waals surface area contributed by atoms with Gasteiger partial charge >= 0.3 is 0 Å². The van der Waals surface area contributed by atoms with Crippen LogP contribution in [0.15, 0.2) is 18.2 Å². The Balaban J connectivity index is 2.55. The largest absolute Gasteiger partial charge is 0.385 e. The third-order valence-corrected chi connectivity index (χ3v) is 2.98. The minimum Gasteiger partial charge on any atom is -0.385 e. The lowest BCUT2D eigenvalue weighted by Gasteiger charge is -2.06. The first-order valence-corrected chi connectivity index (χ1v) is 6.33. The molecule has 0 bridgehead atoms. The summed E-state index contributed by atoms with van der Waals surface area (Å²) in [5, 5.41) is 3.27. The van der Waals surface area contributed by atoms with E-state index in [0.29, 0.717) is 23.7 Å². The van der Waals surface area contributed by atoms with Gasteiger partial charge in [-0.1, -0.05) is 11.6 Å². The van der Waals surface area contributed by atoms with Gasteiger partial charge in [0.15, 0.2) is 0 Å². The maximum atomic E-state index is 11.7. The quantitative estimate of drug-likeness (QED) is 0.653. The summed E-state index contributed by atoms with van der Waals surface area (Å²) in [6.07, 6.45) is 0.795. The smallest absolute Gasteiger partial charge is 0.252 e. The molecule has 16 heavy (non-hydrogen) atoms. The van der Waals surface area contributed by atoms with Gasteiger partial charge in [0.25, 0.3) is 5.91 Å². The number of halogens is 2. The molecule has 3 nitrogen and oxygen atoms in total. The van der Waals surface area contributed by atoms with Crippen LogP contribution in [-0.2, 0) is 4.74 Å². The fourth-order valence-electron chi connectivity index (χ4n) is 1.19. The van der Waals surface area contributed by atoms with E-state index in [2.05, 4.69) is 27.9 Å². The Morgan fingerprint density at radius 1 is 1.56 bits per heavy atom. The number of hydrogen-bond donors (Lipinski definition) is 1. The van der Waals surface area contributed by atoms with Crippen molar-refractivity contribution in [2.45, 2.75) is 6.42 Å². The summed E-state index contributed by atoms with van der Waals surface area (Å²) < 4.78 is 5.88.